The zero-order valence-corrected chi connectivity index (χ0v) is 10.7. The van der Waals surface area contributed by atoms with E-state index in [4.69, 9.17) is 16.0 Å². The van der Waals surface area contributed by atoms with Crippen LogP contribution < -0.4 is 0 Å². The molecule has 0 fully saturated rings. The maximum Gasteiger partial charge on any atom is 0.202 e. The largest absolute Gasteiger partial charge is 0.440 e. The van der Waals surface area contributed by atoms with Crippen LogP contribution >= 0.6 is 22.9 Å². The normalized spacial score (nSPS) is 11.2. The van der Waals surface area contributed by atoms with Gasteiger partial charge in [-0.2, -0.15) is 0 Å². The van der Waals surface area contributed by atoms with Crippen LogP contribution in [0.4, 0.5) is 0 Å². The number of aromatic nitrogens is 2. The molecule has 0 unspecified atom stereocenters. The molecule has 0 amide bonds. The Morgan fingerprint density at radius 1 is 1.35 bits per heavy atom. The second-order valence-electron chi connectivity index (χ2n) is 3.82. The van der Waals surface area contributed by atoms with Crippen LogP contribution in [-0.4, -0.2) is 9.97 Å². The van der Waals surface area contributed by atoms with E-state index in [0.717, 1.165) is 16.1 Å². The highest BCUT2D eigenvalue weighted by molar-refractivity contribution is 7.10. The minimum absolute atomic E-state index is 0.525. The molecular weight excluding hydrogens is 256 g/mol. The lowest BCUT2D eigenvalue weighted by Crippen LogP contribution is -1.86. The van der Waals surface area contributed by atoms with Gasteiger partial charge in [0, 0.05) is 5.38 Å². The first-order chi connectivity index (χ1) is 8.20. The molecule has 0 radical (unpaired) electrons. The van der Waals surface area contributed by atoms with E-state index in [1.807, 2.05) is 30.5 Å². The standard InChI is InChI=1S/C12H9ClN2OS/c1-7-2-3-9-8(4-7)14-11(16-9)5-12-15-10(13)6-17-12/h2-4,6H,5H2,1H3. The Balaban J connectivity index is 1.95. The Hall–Kier alpha value is -1.39. The Labute approximate surface area is 107 Å². The molecule has 3 rings (SSSR count). The minimum atomic E-state index is 0.525. The Kier molecular flexibility index (Phi) is 2.61. The second kappa shape index (κ2) is 4.13. The van der Waals surface area contributed by atoms with E-state index in [9.17, 15) is 0 Å². The zero-order valence-electron chi connectivity index (χ0n) is 9.11. The lowest BCUT2D eigenvalue weighted by Gasteiger charge is -1.88. The third kappa shape index (κ3) is 2.18. The summed E-state index contributed by atoms with van der Waals surface area (Å²) in [5, 5.41) is 3.25. The van der Waals surface area contributed by atoms with E-state index in [-0.39, 0.29) is 0 Å². The molecule has 0 aliphatic heterocycles. The van der Waals surface area contributed by atoms with Gasteiger partial charge in [0.25, 0.3) is 0 Å². The molecule has 0 spiro atoms. The maximum absolute atomic E-state index is 5.77. The topological polar surface area (TPSA) is 38.9 Å². The summed E-state index contributed by atoms with van der Waals surface area (Å²) >= 11 is 7.29. The van der Waals surface area contributed by atoms with Gasteiger partial charge in [-0.3, -0.25) is 0 Å². The first kappa shape index (κ1) is 10.7. The van der Waals surface area contributed by atoms with Crippen molar-refractivity contribution in [1.29, 1.82) is 0 Å². The quantitative estimate of drug-likeness (QED) is 0.706. The van der Waals surface area contributed by atoms with Crippen LogP contribution in [0.5, 0.6) is 0 Å². The summed E-state index contributed by atoms with van der Waals surface area (Å²) in [6.07, 6.45) is 0.588. The molecule has 0 bridgehead atoms. The van der Waals surface area contributed by atoms with Crippen molar-refractivity contribution < 1.29 is 4.42 Å². The zero-order chi connectivity index (χ0) is 11.8. The van der Waals surface area contributed by atoms with Crippen LogP contribution in [0.3, 0.4) is 0 Å². The number of halogens is 1. The van der Waals surface area contributed by atoms with Gasteiger partial charge in [0.05, 0.1) is 6.42 Å². The molecule has 0 aliphatic carbocycles. The predicted molar refractivity (Wildman–Crippen MR) is 68.7 cm³/mol. The maximum atomic E-state index is 5.77. The van der Waals surface area contributed by atoms with Crippen molar-refractivity contribution in [2.45, 2.75) is 13.3 Å². The average Bonchev–Trinajstić information content (AvgIpc) is 2.84. The van der Waals surface area contributed by atoms with Crippen LogP contribution in [-0.2, 0) is 6.42 Å². The van der Waals surface area contributed by atoms with E-state index in [2.05, 4.69) is 9.97 Å². The number of thiazole rings is 1. The summed E-state index contributed by atoms with van der Waals surface area (Å²) in [7, 11) is 0. The third-order valence-corrected chi connectivity index (χ3v) is 3.59. The van der Waals surface area contributed by atoms with Crippen molar-refractivity contribution in [3.05, 3.63) is 45.2 Å². The van der Waals surface area contributed by atoms with Crippen molar-refractivity contribution >= 4 is 34.0 Å². The van der Waals surface area contributed by atoms with Gasteiger partial charge in [0.15, 0.2) is 5.58 Å². The van der Waals surface area contributed by atoms with Crippen LogP contribution in [0.15, 0.2) is 28.0 Å². The van der Waals surface area contributed by atoms with Gasteiger partial charge >= 0.3 is 0 Å². The third-order valence-electron chi connectivity index (χ3n) is 2.41. The predicted octanol–water partition coefficient (Wildman–Crippen LogP) is 3.84. The molecule has 0 atom stereocenters. The van der Waals surface area contributed by atoms with E-state index < -0.39 is 0 Å². The Morgan fingerprint density at radius 3 is 3.00 bits per heavy atom. The highest BCUT2D eigenvalue weighted by Crippen LogP contribution is 2.21. The number of nitrogens with zero attached hydrogens (tertiary/aromatic N) is 2. The van der Waals surface area contributed by atoms with E-state index in [1.165, 1.54) is 16.9 Å². The van der Waals surface area contributed by atoms with Gasteiger partial charge in [0.2, 0.25) is 5.89 Å². The molecule has 2 heterocycles. The summed E-state index contributed by atoms with van der Waals surface area (Å²) in [5.74, 6) is 0.677. The summed E-state index contributed by atoms with van der Waals surface area (Å²) in [6.45, 7) is 2.04. The summed E-state index contributed by atoms with van der Waals surface area (Å²) in [6, 6.07) is 5.96. The van der Waals surface area contributed by atoms with Crippen LogP contribution in [0, 0.1) is 6.92 Å². The lowest BCUT2D eigenvalue weighted by atomic mass is 10.2. The number of oxazole rings is 1. The highest BCUT2D eigenvalue weighted by Gasteiger charge is 2.09. The fourth-order valence-electron chi connectivity index (χ4n) is 1.66. The number of fused-ring (bicyclic) bond motifs is 1. The molecule has 86 valence electrons. The van der Waals surface area contributed by atoms with Crippen molar-refractivity contribution in [1.82, 2.24) is 9.97 Å². The summed E-state index contributed by atoms with van der Waals surface area (Å²) in [5.41, 5.74) is 2.88. The Bertz CT molecular complexity index is 674. The fourth-order valence-corrected chi connectivity index (χ4v) is 2.59. The highest BCUT2D eigenvalue weighted by atomic mass is 35.5. The number of hydrogen-bond acceptors (Lipinski definition) is 4. The number of rotatable bonds is 2. The SMILES string of the molecule is Cc1ccc2oc(Cc3nc(Cl)cs3)nc2c1. The van der Waals surface area contributed by atoms with Gasteiger partial charge in [0.1, 0.15) is 15.7 Å². The minimum Gasteiger partial charge on any atom is -0.440 e. The molecule has 0 N–H and O–H groups in total. The number of benzene rings is 1. The van der Waals surface area contributed by atoms with E-state index in [1.54, 1.807) is 0 Å². The van der Waals surface area contributed by atoms with Crippen molar-refractivity contribution in [2.75, 3.05) is 0 Å². The first-order valence-electron chi connectivity index (χ1n) is 5.17. The number of hydrogen-bond donors (Lipinski definition) is 0. The summed E-state index contributed by atoms with van der Waals surface area (Å²) < 4.78 is 5.65. The molecule has 1 aromatic carbocycles. The first-order valence-corrected chi connectivity index (χ1v) is 6.42. The van der Waals surface area contributed by atoms with Gasteiger partial charge in [-0.1, -0.05) is 17.7 Å². The van der Waals surface area contributed by atoms with Crippen LogP contribution in [0.2, 0.25) is 5.15 Å². The average molecular weight is 265 g/mol. The number of aryl methyl sites for hydroxylation is 1. The molecule has 0 saturated carbocycles. The lowest BCUT2D eigenvalue weighted by molar-refractivity contribution is 0.543. The van der Waals surface area contributed by atoms with Crippen molar-refractivity contribution in [2.24, 2.45) is 0 Å². The van der Waals surface area contributed by atoms with Crippen LogP contribution in [0.25, 0.3) is 11.1 Å². The van der Waals surface area contributed by atoms with E-state index in [0.29, 0.717) is 17.5 Å². The van der Waals surface area contributed by atoms with Crippen molar-refractivity contribution in [3.63, 3.8) is 0 Å². The summed E-state index contributed by atoms with van der Waals surface area (Å²) in [4.78, 5) is 8.61. The van der Waals surface area contributed by atoms with Gasteiger partial charge < -0.3 is 4.42 Å². The molecular formula is C12H9ClN2OS. The molecule has 0 aliphatic rings. The monoisotopic (exact) mass is 264 g/mol. The molecule has 2 aromatic heterocycles. The fraction of sp³-hybridized carbons (Fsp3) is 0.167. The van der Waals surface area contributed by atoms with Gasteiger partial charge in [-0.15, -0.1) is 11.3 Å². The van der Waals surface area contributed by atoms with Crippen LogP contribution in [0.1, 0.15) is 16.5 Å². The smallest absolute Gasteiger partial charge is 0.202 e. The molecule has 5 heteroatoms. The Morgan fingerprint density at radius 2 is 2.24 bits per heavy atom. The molecule has 3 nitrogen and oxygen atoms in total. The van der Waals surface area contributed by atoms with Gasteiger partial charge in [-0.05, 0) is 24.6 Å². The molecule has 3 aromatic rings. The van der Waals surface area contributed by atoms with Gasteiger partial charge in [-0.25, -0.2) is 9.97 Å². The van der Waals surface area contributed by atoms with Crippen molar-refractivity contribution in [3.8, 4) is 0 Å². The van der Waals surface area contributed by atoms with E-state index >= 15 is 0 Å². The molecule has 0 saturated heterocycles. The second-order valence-corrected chi connectivity index (χ2v) is 5.15. The molecule has 17 heavy (non-hydrogen) atoms.